The third-order valence-corrected chi connectivity index (χ3v) is 7.76. The van der Waals surface area contributed by atoms with Crippen LogP contribution in [0.3, 0.4) is 0 Å². The molecule has 2 amide bonds. The number of hydrogen-bond acceptors (Lipinski definition) is 6. The molecule has 1 heterocycles. The van der Waals surface area contributed by atoms with E-state index in [0.29, 0.717) is 5.56 Å². The highest BCUT2D eigenvalue weighted by Crippen LogP contribution is 2.28. The van der Waals surface area contributed by atoms with Gasteiger partial charge in [-0.05, 0) is 60.3 Å². The van der Waals surface area contributed by atoms with Crippen molar-refractivity contribution in [1.82, 2.24) is 10.6 Å². The number of urea groups is 1. The van der Waals surface area contributed by atoms with E-state index in [1.807, 2.05) is 49.4 Å². The average molecular weight is 496 g/mol. The predicted molar refractivity (Wildman–Crippen MR) is 133 cm³/mol. The second-order valence-corrected chi connectivity index (χ2v) is 10.6. The molecule has 0 aromatic heterocycles. The van der Waals surface area contributed by atoms with Gasteiger partial charge in [0.1, 0.15) is 0 Å². The maximum absolute atomic E-state index is 13.1. The van der Waals surface area contributed by atoms with Gasteiger partial charge < -0.3 is 26.2 Å². The van der Waals surface area contributed by atoms with Crippen LogP contribution in [0.5, 0.6) is 0 Å². The number of carbonyl (C=O) groups excluding carboxylic acids is 1. The summed E-state index contributed by atoms with van der Waals surface area (Å²) in [5.41, 5.74) is 3.89. The highest BCUT2D eigenvalue weighted by Gasteiger charge is 2.21. The van der Waals surface area contributed by atoms with Crippen LogP contribution in [0, 0.1) is 0 Å². The first-order chi connectivity index (χ1) is 16.7. The third-order valence-electron chi connectivity index (χ3n) is 6.07. The van der Waals surface area contributed by atoms with Gasteiger partial charge in [-0.3, -0.25) is 0 Å². The first-order valence-corrected chi connectivity index (χ1v) is 13.0. The molecule has 8 nitrogen and oxygen atoms in total. The Kier molecular flexibility index (Phi) is 7.51. The van der Waals surface area contributed by atoms with Gasteiger partial charge in [0.2, 0.25) is 0 Å². The van der Waals surface area contributed by atoms with Gasteiger partial charge in [-0.1, -0.05) is 48.5 Å². The van der Waals surface area contributed by atoms with Gasteiger partial charge in [0.15, 0.2) is 16.1 Å². The Morgan fingerprint density at radius 3 is 2.54 bits per heavy atom. The second kappa shape index (κ2) is 10.6. The highest BCUT2D eigenvalue weighted by atomic mass is 32.2. The Labute approximate surface area is 204 Å². The molecule has 0 spiro atoms. The topological polar surface area (TPSA) is 128 Å². The number of amides is 2. The van der Waals surface area contributed by atoms with E-state index in [0.717, 1.165) is 30.6 Å². The minimum absolute atomic E-state index is 0.0522. The van der Waals surface area contributed by atoms with E-state index in [9.17, 15) is 23.4 Å². The van der Waals surface area contributed by atoms with Crippen LogP contribution in [0.15, 0.2) is 71.6 Å². The molecule has 0 bridgehead atoms. The summed E-state index contributed by atoms with van der Waals surface area (Å²) in [5, 5.41) is 28.4. The lowest BCUT2D eigenvalue weighted by molar-refractivity contribution is -0.0420. The molecule has 0 saturated heterocycles. The molecule has 3 aromatic rings. The van der Waals surface area contributed by atoms with E-state index in [1.165, 1.54) is 23.8 Å². The van der Waals surface area contributed by atoms with Crippen molar-refractivity contribution in [3.05, 3.63) is 94.5 Å². The lowest BCUT2D eigenvalue weighted by Crippen LogP contribution is -2.31. The van der Waals surface area contributed by atoms with E-state index >= 15 is 0 Å². The van der Waals surface area contributed by atoms with Gasteiger partial charge in [0, 0.05) is 12.1 Å². The standard InChI is InChI=1S/C26H29N3O5S/c1-17(19-5-3-2-4-6-19)28-26(32)29-24-10-9-22(14-23(24)25(30)31)35(33,34)16-18-7-8-21-15-27-12-11-20(21)13-18/h2-10,13-14,17,25,27,30-31H,11-12,15-16H2,1H3,(H2,28,29,32). The monoisotopic (exact) mass is 495 g/mol. The number of aliphatic hydroxyl groups is 2. The molecular weight excluding hydrogens is 466 g/mol. The van der Waals surface area contributed by atoms with E-state index in [-0.39, 0.29) is 27.9 Å². The van der Waals surface area contributed by atoms with Crippen molar-refractivity contribution in [1.29, 1.82) is 0 Å². The number of carbonyl (C=O) groups is 1. The fourth-order valence-corrected chi connectivity index (χ4v) is 5.53. The molecule has 1 atom stereocenters. The lowest BCUT2D eigenvalue weighted by Gasteiger charge is -2.19. The number of nitrogens with one attached hydrogen (secondary N) is 3. The van der Waals surface area contributed by atoms with Gasteiger partial charge in [-0.2, -0.15) is 0 Å². The number of sulfone groups is 1. The number of fused-ring (bicyclic) bond motifs is 1. The van der Waals surface area contributed by atoms with Crippen molar-refractivity contribution in [3.63, 3.8) is 0 Å². The first kappa shape index (κ1) is 24.9. The van der Waals surface area contributed by atoms with Crippen LogP contribution in [0.1, 0.15) is 47.1 Å². The Balaban J connectivity index is 1.51. The second-order valence-electron chi connectivity index (χ2n) is 8.64. The molecule has 4 rings (SSSR count). The predicted octanol–water partition coefficient (Wildman–Crippen LogP) is 3.17. The minimum atomic E-state index is -3.76. The Hall–Kier alpha value is -3.24. The van der Waals surface area contributed by atoms with Gasteiger partial charge >= 0.3 is 6.03 Å². The molecular formula is C26H29N3O5S. The fraction of sp³-hybridized carbons (Fsp3) is 0.269. The van der Waals surface area contributed by atoms with Crippen molar-refractivity contribution >= 4 is 21.6 Å². The summed E-state index contributed by atoms with van der Waals surface area (Å²) in [7, 11) is -3.76. The summed E-state index contributed by atoms with van der Waals surface area (Å²) in [4.78, 5) is 12.5. The lowest BCUT2D eigenvalue weighted by atomic mass is 9.99. The summed E-state index contributed by atoms with van der Waals surface area (Å²) >= 11 is 0. The number of hydrogen-bond donors (Lipinski definition) is 5. The van der Waals surface area contributed by atoms with Crippen LogP contribution >= 0.6 is 0 Å². The Morgan fingerprint density at radius 2 is 1.80 bits per heavy atom. The third kappa shape index (κ3) is 6.07. The van der Waals surface area contributed by atoms with Crippen molar-refractivity contribution in [2.24, 2.45) is 0 Å². The van der Waals surface area contributed by atoms with Crippen LogP contribution in [0.4, 0.5) is 10.5 Å². The van der Waals surface area contributed by atoms with Crippen molar-refractivity contribution in [3.8, 4) is 0 Å². The molecule has 1 unspecified atom stereocenters. The van der Waals surface area contributed by atoms with E-state index in [2.05, 4.69) is 16.0 Å². The zero-order valence-electron chi connectivity index (χ0n) is 19.4. The zero-order valence-corrected chi connectivity index (χ0v) is 20.2. The fourth-order valence-electron chi connectivity index (χ4n) is 4.16. The van der Waals surface area contributed by atoms with Gasteiger partial charge in [0.25, 0.3) is 0 Å². The van der Waals surface area contributed by atoms with Crippen LogP contribution < -0.4 is 16.0 Å². The molecule has 3 aromatic carbocycles. The maximum Gasteiger partial charge on any atom is 0.319 e. The van der Waals surface area contributed by atoms with Crippen molar-refractivity contribution in [2.45, 2.75) is 42.9 Å². The summed E-state index contributed by atoms with van der Waals surface area (Å²) in [6.45, 7) is 3.45. The first-order valence-electron chi connectivity index (χ1n) is 11.4. The molecule has 35 heavy (non-hydrogen) atoms. The molecule has 0 fully saturated rings. The SMILES string of the molecule is CC(NC(=O)Nc1ccc(S(=O)(=O)Cc2ccc3c(c2)CCNC3)cc1C(O)O)c1ccccc1. The van der Waals surface area contributed by atoms with Crippen LogP contribution in [0.25, 0.3) is 0 Å². The Bertz CT molecular complexity index is 1310. The summed E-state index contributed by atoms with van der Waals surface area (Å²) in [6, 6.07) is 18.1. The Morgan fingerprint density at radius 1 is 1.03 bits per heavy atom. The quantitative estimate of drug-likeness (QED) is 0.321. The van der Waals surface area contributed by atoms with Gasteiger partial charge in [-0.15, -0.1) is 0 Å². The van der Waals surface area contributed by atoms with Crippen LogP contribution in [0.2, 0.25) is 0 Å². The van der Waals surface area contributed by atoms with E-state index < -0.39 is 22.2 Å². The summed E-state index contributed by atoms with van der Waals surface area (Å²) in [6.07, 6.45) is -1.13. The van der Waals surface area contributed by atoms with E-state index in [4.69, 9.17) is 0 Å². The van der Waals surface area contributed by atoms with Crippen LogP contribution in [-0.4, -0.2) is 31.2 Å². The smallest absolute Gasteiger partial charge is 0.319 e. The number of anilines is 1. The zero-order chi connectivity index (χ0) is 25.0. The molecule has 9 heteroatoms. The molecule has 1 aliphatic rings. The molecule has 0 radical (unpaired) electrons. The normalized spacial score (nSPS) is 14.3. The molecule has 1 aliphatic heterocycles. The van der Waals surface area contributed by atoms with Crippen molar-refractivity contribution < 1.29 is 23.4 Å². The molecule has 5 N–H and O–H groups in total. The van der Waals surface area contributed by atoms with E-state index in [1.54, 1.807) is 6.07 Å². The molecule has 0 aliphatic carbocycles. The maximum atomic E-state index is 13.1. The number of aliphatic hydroxyl groups excluding tert-OH is 1. The largest absolute Gasteiger partial charge is 0.364 e. The van der Waals surface area contributed by atoms with Gasteiger partial charge in [0.05, 0.1) is 22.4 Å². The van der Waals surface area contributed by atoms with Gasteiger partial charge in [-0.25, -0.2) is 13.2 Å². The summed E-state index contributed by atoms with van der Waals surface area (Å²) in [5.74, 6) is -0.212. The molecule has 0 saturated carbocycles. The van der Waals surface area contributed by atoms with Crippen LogP contribution in [-0.2, 0) is 28.6 Å². The minimum Gasteiger partial charge on any atom is -0.364 e. The molecule has 184 valence electrons. The number of benzene rings is 3. The van der Waals surface area contributed by atoms with Crippen molar-refractivity contribution in [2.75, 3.05) is 11.9 Å². The highest BCUT2D eigenvalue weighted by molar-refractivity contribution is 7.90. The average Bonchev–Trinajstić information content (AvgIpc) is 2.84. The summed E-state index contributed by atoms with van der Waals surface area (Å²) < 4.78 is 26.2. The number of rotatable bonds is 7.